The summed E-state index contributed by atoms with van der Waals surface area (Å²) in [5, 5.41) is 7.27. The maximum atomic E-state index is 13.1. The average Bonchev–Trinajstić information content (AvgIpc) is 2.99. The highest BCUT2D eigenvalue weighted by molar-refractivity contribution is 5.97. The number of rotatable bonds is 5. The van der Waals surface area contributed by atoms with E-state index in [2.05, 4.69) is 10.5 Å². The zero-order valence-electron chi connectivity index (χ0n) is 16.6. The summed E-state index contributed by atoms with van der Waals surface area (Å²) in [5.74, 6) is 2.24. The van der Waals surface area contributed by atoms with E-state index >= 15 is 0 Å². The smallest absolute Gasteiger partial charge is 0.255 e. The molecular weight excluding hydrogens is 354 g/mol. The SMILES string of the molecule is Cc1noc(C)c1COc1ccccc1C(=O)NC1C2CCCC1CC(N)C2. The Labute approximate surface area is 165 Å². The Morgan fingerprint density at radius 2 is 1.96 bits per heavy atom. The second kappa shape index (κ2) is 7.95. The number of ether oxygens (including phenoxy) is 1. The van der Waals surface area contributed by atoms with Crippen molar-refractivity contribution in [2.75, 3.05) is 0 Å². The molecule has 0 aliphatic heterocycles. The summed E-state index contributed by atoms with van der Waals surface area (Å²) < 4.78 is 11.2. The lowest BCUT2D eigenvalue weighted by molar-refractivity contribution is 0.0752. The number of benzene rings is 1. The summed E-state index contributed by atoms with van der Waals surface area (Å²) in [6.07, 6.45) is 5.56. The predicted octanol–water partition coefficient (Wildman–Crippen LogP) is 3.51. The predicted molar refractivity (Wildman–Crippen MR) is 106 cm³/mol. The minimum atomic E-state index is -0.0632. The Morgan fingerprint density at radius 1 is 1.25 bits per heavy atom. The molecule has 2 atom stereocenters. The van der Waals surface area contributed by atoms with Crippen LogP contribution in [-0.2, 0) is 6.61 Å². The van der Waals surface area contributed by atoms with E-state index in [1.54, 1.807) is 0 Å². The van der Waals surface area contributed by atoms with Crippen molar-refractivity contribution in [2.24, 2.45) is 17.6 Å². The molecule has 2 unspecified atom stereocenters. The van der Waals surface area contributed by atoms with Gasteiger partial charge in [0.15, 0.2) is 0 Å². The van der Waals surface area contributed by atoms with Gasteiger partial charge in [-0.2, -0.15) is 0 Å². The molecule has 1 amide bonds. The lowest BCUT2D eigenvalue weighted by Gasteiger charge is -2.45. The topological polar surface area (TPSA) is 90.4 Å². The summed E-state index contributed by atoms with van der Waals surface area (Å²) in [7, 11) is 0. The molecule has 1 heterocycles. The van der Waals surface area contributed by atoms with Crippen LogP contribution in [0.2, 0.25) is 0 Å². The first-order chi connectivity index (χ1) is 13.5. The third kappa shape index (κ3) is 3.78. The van der Waals surface area contributed by atoms with E-state index in [0.29, 0.717) is 29.8 Å². The van der Waals surface area contributed by atoms with Gasteiger partial charge in [0.2, 0.25) is 0 Å². The molecule has 0 saturated heterocycles. The minimum absolute atomic E-state index is 0.0632. The highest BCUT2D eigenvalue weighted by atomic mass is 16.5. The normalized spacial score (nSPS) is 26.7. The van der Waals surface area contributed by atoms with Gasteiger partial charge in [0.05, 0.1) is 16.8 Å². The van der Waals surface area contributed by atoms with E-state index in [4.69, 9.17) is 15.0 Å². The number of hydrogen-bond donors (Lipinski definition) is 2. The van der Waals surface area contributed by atoms with E-state index in [0.717, 1.165) is 42.7 Å². The number of aryl methyl sites for hydroxylation is 2. The lowest BCUT2D eigenvalue weighted by Crippen LogP contribution is -2.53. The minimum Gasteiger partial charge on any atom is -0.488 e. The van der Waals surface area contributed by atoms with E-state index in [1.165, 1.54) is 6.42 Å². The van der Waals surface area contributed by atoms with Gasteiger partial charge in [-0.15, -0.1) is 0 Å². The van der Waals surface area contributed by atoms with Crippen LogP contribution in [0.5, 0.6) is 5.75 Å². The quantitative estimate of drug-likeness (QED) is 0.825. The number of para-hydroxylation sites is 1. The molecule has 4 rings (SSSR count). The van der Waals surface area contributed by atoms with Gasteiger partial charge in [-0.3, -0.25) is 4.79 Å². The van der Waals surface area contributed by atoms with Gasteiger partial charge >= 0.3 is 0 Å². The molecule has 2 aromatic rings. The van der Waals surface area contributed by atoms with Crippen LogP contribution >= 0.6 is 0 Å². The Bertz CT molecular complexity index is 814. The molecule has 2 bridgehead atoms. The molecule has 0 spiro atoms. The Kier molecular flexibility index (Phi) is 5.40. The molecule has 3 N–H and O–H groups in total. The van der Waals surface area contributed by atoms with Crippen LogP contribution in [0.15, 0.2) is 28.8 Å². The monoisotopic (exact) mass is 383 g/mol. The van der Waals surface area contributed by atoms with Crippen molar-refractivity contribution < 1.29 is 14.1 Å². The number of carbonyl (C=O) groups excluding carboxylic acids is 1. The van der Waals surface area contributed by atoms with Gasteiger partial charge < -0.3 is 20.3 Å². The highest BCUT2D eigenvalue weighted by Gasteiger charge is 2.40. The van der Waals surface area contributed by atoms with Crippen molar-refractivity contribution in [3.63, 3.8) is 0 Å². The zero-order chi connectivity index (χ0) is 19.7. The van der Waals surface area contributed by atoms with Crippen LogP contribution in [0.3, 0.4) is 0 Å². The fraction of sp³-hybridized carbons (Fsp3) is 0.545. The molecule has 0 radical (unpaired) electrons. The van der Waals surface area contributed by atoms with Crippen molar-refractivity contribution in [3.05, 3.63) is 46.8 Å². The van der Waals surface area contributed by atoms with Gasteiger partial charge in [-0.1, -0.05) is 23.7 Å². The molecule has 2 saturated carbocycles. The number of hydrogen-bond acceptors (Lipinski definition) is 5. The molecule has 28 heavy (non-hydrogen) atoms. The van der Waals surface area contributed by atoms with Crippen molar-refractivity contribution in [3.8, 4) is 5.75 Å². The Morgan fingerprint density at radius 3 is 2.64 bits per heavy atom. The molecule has 6 heteroatoms. The molecule has 1 aromatic heterocycles. The van der Waals surface area contributed by atoms with Gasteiger partial charge in [0.25, 0.3) is 5.91 Å². The average molecular weight is 383 g/mol. The molecule has 2 fully saturated rings. The summed E-state index contributed by atoms with van der Waals surface area (Å²) in [4.78, 5) is 13.1. The fourth-order valence-electron chi connectivity index (χ4n) is 4.89. The summed E-state index contributed by atoms with van der Waals surface area (Å²) in [6.45, 7) is 4.08. The largest absolute Gasteiger partial charge is 0.488 e. The van der Waals surface area contributed by atoms with E-state index in [9.17, 15) is 4.79 Å². The van der Waals surface area contributed by atoms with Crippen LogP contribution < -0.4 is 15.8 Å². The third-order valence-corrected chi connectivity index (χ3v) is 6.36. The Balaban J connectivity index is 1.48. The third-order valence-electron chi connectivity index (χ3n) is 6.36. The lowest BCUT2D eigenvalue weighted by atomic mass is 9.67. The van der Waals surface area contributed by atoms with E-state index in [1.807, 2.05) is 38.1 Å². The first-order valence-electron chi connectivity index (χ1n) is 10.2. The maximum absolute atomic E-state index is 13.1. The van der Waals surface area contributed by atoms with Crippen LogP contribution in [0.25, 0.3) is 0 Å². The van der Waals surface area contributed by atoms with Gasteiger partial charge in [0, 0.05) is 12.1 Å². The van der Waals surface area contributed by atoms with Crippen molar-refractivity contribution in [1.29, 1.82) is 0 Å². The second-order valence-corrected chi connectivity index (χ2v) is 8.27. The standard InChI is InChI=1S/C22H29N3O3/c1-13-19(14(2)28-25-13)12-27-20-9-4-3-8-18(20)22(26)24-21-15-6-5-7-16(21)11-17(23)10-15/h3-4,8-9,15-17,21H,5-7,10-12,23H2,1-2H3,(H,24,26). The first kappa shape index (κ1) is 19.0. The number of amides is 1. The zero-order valence-corrected chi connectivity index (χ0v) is 16.6. The molecule has 150 valence electrons. The fourth-order valence-corrected chi connectivity index (χ4v) is 4.89. The van der Waals surface area contributed by atoms with Crippen molar-refractivity contribution in [2.45, 2.75) is 64.6 Å². The number of carbonyl (C=O) groups is 1. The second-order valence-electron chi connectivity index (χ2n) is 8.27. The van der Waals surface area contributed by atoms with Crippen LogP contribution in [0.1, 0.15) is 59.5 Å². The van der Waals surface area contributed by atoms with Crippen molar-refractivity contribution in [1.82, 2.24) is 10.5 Å². The van der Waals surface area contributed by atoms with Gasteiger partial charge in [-0.05, 0) is 63.5 Å². The molecule has 2 aliphatic rings. The number of nitrogens with zero attached hydrogens (tertiary/aromatic N) is 1. The number of nitrogens with one attached hydrogen (secondary N) is 1. The maximum Gasteiger partial charge on any atom is 0.255 e. The molecule has 1 aromatic carbocycles. The summed E-state index contributed by atoms with van der Waals surface area (Å²) >= 11 is 0. The summed E-state index contributed by atoms with van der Waals surface area (Å²) in [5.41, 5.74) is 8.52. The van der Waals surface area contributed by atoms with Crippen LogP contribution in [0.4, 0.5) is 0 Å². The van der Waals surface area contributed by atoms with Crippen LogP contribution in [0, 0.1) is 25.7 Å². The number of nitrogens with two attached hydrogens (primary N) is 1. The van der Waals surface area contributed by atoms with E-state index in [-0.39, 0.29) is 18.0 Å². The highest BCUT2D eigenvalue weighted by Crippen LogP contribution is 2.40. The van der Waals surface area contributed by atoms with Gasteiger partial charge in [0.1, 0.15) is 18.1 Å². The van der Waals surface area contributed by atoms with Crippen LogP contribution in [-0.4, -0.2) is 23.1 Å². The molecule has 2 aliphatic carbocycles. The molecule has 6 nitrogen and oxygen atoms in total. The summed E-state index contributed by atoms with van der Waals surface area (Å²) in [6, 6.07) is 7.90. The van der Waals surface area contributed by atoms with E-state index < -0.39 is 0 Å². The number of aromatic nitrogens is 1. The Hall–Kier alpha value is -2.34. The first-order valence-corrected chi connectivity index (χ1v) is 10.2. The van der Waals surface area contributed by atoms with Crippen molar-refractivity contribution >= 4 is 5.91 Å². The van der Waals surface area contributed by atoms with Gasteiger partial charge in [-0.25, -0.2) is 0 Å². The molecular formula is C22H29N3O3. The number of fused-ring (bicyclic) bond motifs is 2.